The maximum atomic E-state index is 10.6. The largest absolute Gasteiger partial charge is 0.384 e. The molecule has 19 heavy (non-hydrogen) atoms. The Hall–Kier alpha value is -0.830. The van der Waals surface area contributed by atoms with Crippen LogP contribution >= 0.6 is 27.5 Å². The van der Waals surface area contributed by atoms with Gasteiger partial charge in [-0.2, -0.15) is 0 Å². The van der Waals surface area contributed by atoms with Crippen LogP contribution in [0.25, 0.3) is 0 Å². The molecule has 0 radical (unpaired) electrons. The lowest BCUT2D eigenvalue weighted by Crippen LogP contribution is -2.04. The highest BCUT2D eigenvalue weighted by molar-refractivity contribution is 9.10. The molecular formula is C16H16BrClO. The average Bonchev–Trinajstić information content (AvgIpc) is 2.36. The van der Waals surface area contributed by atoms with Gasteiger partial charge in [-0.25, -0.2) is 0 Å². The van der Waals surface area contributed by atoms with E-state index in [1.54, 1.807) is 6.07 Å². The van der Waals surface area contributed by atoms with Gasteiger partial charge in [-0.15, -0.1) is 0 Å². The van der Waals surface area contributed by atoms with Crippen LogP contribution in [-0.2, 0) is 0 Å². The summed E-state index contributed by atoms with van der Waals surface area (Å²) < 4.78 is 0.910. The van der Waals surface area contributed by atoms with Crippen molar-refractivity contribution in [2.24, 2.45) is 0 Å². The first-order valence-electron chi connectivity index (χ1n) is 6.11. The van der Waals surface area contributed by atoms with Crippen LogP contribution in [0.2, 0.25) is 5.02 Å². The van der Waals surface area contributed by atoms with Gasteiger partial charge in [-0.3, -0.25) is 0 Å². The van der Waals surface area contributed by atoms with Crippen LogP contribution < -0.4 is 0 Å². The number of rotatable bonds is 2. The number of hydrogen-bond donors (Lipinski definition) is 1. The normalized spacial score (nSPS) is 12.5. The molecule has 1 N–H and O–H groups in total. The topological polar surface area (TPSA) is 20.2 Å². The van der Waals surface area contributed by atoms with Crippen molar-refractivity contribution in [3.63, 3.8) is 0 Å². The first-order chi connectivity index (χ1) is 8.90. The van der Waals surface area contributed by atoms with Gasteiger partial charge in [0.25, 0.3) is 0 Å². The lowest BCUT2D eigenvalue weighted by atomic mass is 9.93. The van der Waals surface area contributed by atoms with Crippen molar-refractivity contribution in [1.82, 2.24) is 0 Å². The molecule has 1 nitrogen and oxygen atoms in total. The molecule has 0 bridgehead atoms. The molecule has 1 unspecified atom stereocenters. The highest BCUT2D eigenvalue weighted by Crippen LogP contribution is 2.33. The highest BCUT2D eigenvalue weighted by atomic mass is 79.9. The second-order valence-corrected chi connectivity index (χ2v) is 6.18. The third-order valence-corrected chi connectivity index (χ3v) is 4.27. The molecule has 0 saturated carbocycles. The highest BCUT2D eigenvalue weighted by Gasteiger charge is 2.17. The van der Waals surface area contributed by atoms with Crippen LogP contribution in [0.15, 0.2) is 34.8 Å². The zero-order chi connectivity index (χ0) is 14.2. The van der Waals surface area contributed by atoms with E-state index in [0.717, 1.165) is 21.2 Å². The standard InChI is InChI=1S/C16H16BrClO/c1-9-6-11(3)13(7-10(9)2)16(19)14-8-12(17)4-5-15(14)18/h4-8,16,19H,1-3H3. The fourth-order valence-corrected chi connectivity index (χ4v) is 2.77. The van der Waals surface area contributed by atoms with E-state index in [1.165, 1.54) is 11.1 Å². The molecular weight excluding hydrogens is 324 g/mol. The summed E-state index contributed by atoms with van der Waals surface area (Å²) in [6, 6.07) is 9.65. The van der Waals surface area contributed by atoms with Gasteiger partial charge in [0, 0.05) is 15.1 Å². The van der Waals surface area contributed by atoms with Gasteiger partial charge in [0.1, 0.15) is 6.10 Å². The molecule has 0 heterocycles. The molecule has 0 amide bonds. The van der Waals surface area contributed by atoms with Gasteiger partial charge in [0.05, 0.1) is 0 Å². The van der Waals surface area contributed by atoms with Crippen LogP contribution in [0.3, 0.4) is 0 Å². The molecule has 0 aliphatic carbocycles. The number of aliphatic hydroxyl groups is 1. The van der Waals surface area contributed by atoms with Gasteiger partial charge in [0.15, 0.2) is 0 Å². The lowest BCUT2D eigenvalue weighted by Gasteiger charge is -2.17. The summed E-state index contributed by atoms with van der Waals surface area (Å²) in [6.45, 7) is 6.13. The van der Waals surface area contributed by atoms with E-state index in [4.69, 9.17) is 11.6 Å². The molecule has 0 saturated heterocycles. The minimum absolute atomic E-state index is 0.577. The van der Waals surface area contributed by atoms with E-state index in [2.05, 4.69) is 28.9 Å². The maximum absolute atomic E-state index is 10.6. The van der Waals surface area contributed by atoms with Crippen molar-refractivity contribution in [2.75, 3.05) is 0 Å². The minimum Gasteiger partial charge on any atom is -0.384 e. The summed E-state index contributed by atoms with van der Waals surface area (Å²) in [7, 11) is 0. The number of aryl methyl sites for hydroxylation is 3. The van der Waals surface area contributed by atoms with Gasteiger partial charge >= 0.3 is 0 Å². The van der Waals surface area contributed by atoms with E-state index in [1.807, 2.05) is 32.0 Å². The van der Waals surface area contributed by atoms with Gasteiger partial charge < -0.3 is 5.11 Å². The quantitative estimate of drug-likeness (QED) is 0.806. The summed E-state index contributed by atoms with van der Waals surface area (Å²) in [6.07, 6.45) is -0.704. The second-order valence-electron chi connectivity index (χ2n) is 4.86. The summed E-state index contributed by atoms with van der Waals surface area (Å²) >= 11 is 9.60. The van der Waals surface area contributed by atoms with Crippen molar-refractivity contribution in [2.45, 2.75) is 26.9 Å². The predicted octanol–water partition coefficient (Wildman–Crippen LogP) is 5.11. The summed E-state index contributed by atoms with van der Waals surface area (Å²) in [5.74, 6) is 0. The van der Waals surface area contributed by atoms with E-state index < -0.39 is 6.10 Å². The predicted molar refractivity (Wildman–Crippen MR) is 83.9 cm³/mol. The Bertz CT molecular complexity index is 622. The lowest BCUT2D eigenvalue weighted by molar-refractivity contribution is 0.219. The molecule has 0 aromatic heterocycles. The van der Waals surface area contributed by atoms with Crippen molar-refractivity contribution in [1.29, 1.82) is 0 Å². The van der Waals surface area contributed by atoms with Crippen molar-refractivity contribution in [3.05, 3.63) is 67.6 Å². The van der Waals surface area contributed by atoms with Crippen molar-refractivity contribution < 1.29 is 5.11 Å². The van der Waals surface area contributed by atoms with Gasteiger partial charge in [-0.05, 0) is 61.2 Å². The zero-order valence-electron chi connectivity index (χ0n) is 11.2. The minimum atomic E-state index is -0.704. The Labute approximate surface area is 127 Å². The Morgan fingerprint density at radius 1 is 0.947 bits per heavy atom. The van der Waals surface area contributed by atoms with Crippen molar-refractivity contribution in [3.8, 4) is 0 Å². The fraction of sp³-hybridized carbons (Fsp3) is 0.250. The van der Waals surface area contributed by atoms with E-state index in [-0.39, 0.29) is 0 Å². The molecule has 0 aliphatic heterocycles. The summed E-state index contributed by atoms with van der Waals surface area (Å²) in [4.78, 5) is 0. The van der Waals surface area contributed by atoms with Crippen LogP contribution in [0.5, 0.6) is 0 Å². The van der Waals surface area contributed by atoms with Gasteiger partial charge in [-0.1, -0.05) is 39.7 Å². The first-order valence-corrected chi connectivity index (χ1v) is 7.28. The van der Waals surface area contributed by atoms with Gasteiger partial charge in [0.2, 0.25) is 0 Å². The van der Waals surface area contributed by atoms with Crippen LogP contribution in [0.1, 0.15) is 33.9 Å². The molecule has 2 aromatic carbocycles. The maximum Gasteiger partial charge on any atom is 0.106 e. The smallest absolute Gasteiger partial charge is 0.106 e. The Balaban J connectivity index is 2.52. The number of aliphatic hydroxyl groups excluding tert-OH is 1. The van der Waals surface area contributed by atoms with E-state index >= 15 is 0 Å². The van der Waals surface area contributed by atoms with E-state index in [0.29, 0.717) is 5.02 Å². The van der Waals surface area contributed by atoms with E-state index in [9.17, 15) is 5.11 Å². The Morgan fingerprint density at radius 2 is 1.58 bits per heavy atom. The van der Waals surface area contributed by atoms with Crippen LogP contribution in [-0.4, -0.2) is 5.11 Å². The summed E-state index contributed by atoms with van der Waals surface area (Å²) in [5.41, 5.74) is 5.11. The number of halogens is 2. The third kappa shape index (κ3) is 3.02. The third-order valence-electron chi connectivity index (χ3n) is 3.43. The number of benzene rings is 2. The molecule has 100 valence electrons. The number of hydrogen-bond acceptors (Lipinski definition) is 1. The molecule has 2 aromatic rings. The molecule has 0 spiro atoms. The fourth-order valence-electron chi connectivity index (χ4n) is 2.17. The molecule has 0 aliphatic rings. The average molecular weight is 340 g/mol. The molecule has 1 atom stereocenters. The Morgan fingerprint density at radius 3 is 2.26 bits per heavy atom. The second kappa shape index (κ2) is 5.66. The molecule has 3 heteroatoms. The van der Waals surface area contributed by atoms with Crippen LogP contribution in [0, 0.1) is 20.8 Å². The summed E-state index contributed by atoms with van der Waals surface area (Å²) in [5, 5.41) is 11.2. The molecule has 2 rings (SSSR count). The SMILES string of the molecule is Cc1cc(C)c(C(O)c2cc(Br)ccc2Cl)cc1C. The zero-order valence-corrected chi connectivity index (χ0v) is 13.5. The Kier molecular flexibility index (Phi) is 4.34. The van der Waals surface area contributed by atoms with Crippen molar-refractivity contribution >= 4 is 27.5 Å². The van der Waals surface area contributed by atoms with Crippen LogP contribution in [0.4, 0.5) is 0 Å². The monoisotopic (exact) mass is 338 g/mol. The first kappa shape index (κ1) is 14.6. The molecule has 0 fully saturated rings.